The molecule has 2 aliphatic rings. The van der Waals surface area contributed by atoms with E-state index in [1.807, 2.05) is 0 Å². The molecular weight excluding hydrogens is 340 g/mol. The van der Waals surface area contributed by atoms with Gasteiger partial charge in [-0.15, -0.1) is 0 Å². The van der Waals surface area contributed by atoms with E-state index in [2.05, 4.69) is 21.8 Å². The number of hydrogen-bond donors (Lipinski definition) is 3. The van der Waals surface area contributed by atoms with Gasteiger partial charge in [-0.2, -0.15) is 0 Å². The summed E-state index contributed by atoms with van der Waals surface area (Å²) in [5, 5.41) is 10.9. The predicted molar refractivity (Wildman–Crippen MR) is 98.6 cm³/mol. The molecule has 1 aliphatic heterocycles. The van der Waals surface area contributed by atoms with Gasteiger partial charge in [0.15, 0.2) is 5.15 Å². The summed E-state index contributed by atoms with van der Waals surface area (Å²) in [4.78, 5) is 10.2. The molecule has 0 unspecified atom stereocenters. The van der Waals surface area contributed by atoms with Crippen molar-refractivity contribution in [1.29, 1.82) is 0 Å². The van der Waals surface area contributed by atoms with E-state index in [0.29, 0.717) is 18.3 Å². The van der Waals surface area contributed by atoms with Crippen LogP contribution in [-0.2, 0) is 17.7 Å². The van der Waals surface area contributed by atoms with Crippen LogP contribution in [0.15, 0.2) is 0 Å². The second kappa shape index (κ2) is 8.35. The maximum Gasteiger partial charge on any atom is 0.151 e. The van der Waals surface area contributed by atoms with Crippen LogP contribution in [0.1, 0.15) is 50.5 Å². The average molecular weight is 371 g/mol. The van der Waals surface area contributed by atoms with Gasteiger partial charge in [0.25, 0.3) is 0 Å². The summed E-state index contributed by atoms with van der Waals surface area (Å²) in [6.45, 7) is 5.96. The second-order valence-electron chi connectivity index (χ2n) is 7.47. The molecule has 2 atom stereocenters. The van der Waals surface area contributed by atoms with Crippen molar-refractivity contribution in [1.82, 2.24) is 14.9 Å². The molecule has 0 amide bonds. The molecule has 0 aromatic carbocycles. The highest BCUT2D eigenvalue weighted by molar-refractivity contribution is 6.30. The molecule has 1 saturated carbocycles. The molecule has 3 rings (SSSR count). The van der Waals surface area contributed by atoms with Gasteiger partial charge in [0, 0.05) is 31.3 Å². The lowest BCUT2D eigenvalue weighted by atomic mass is 9.58. The molecule has 1 aromatic heterocycles. The highest BCUT2D eigenvalue weighted by Gasteiger charge is 2.56. The third-order valence-corrected chi connectivity index (χ3v) is 6.20. The number of halogens is 1. The number of imidazole rings is 1. The van der Waals surface area contributed by atoms with Crippen LogP contribution in [0.25, 0.3) is 0 Å². The largest absolute Gasteiger partial charge is 0.392 e. The van der Waals surface area contributed by atoms with Crippen LogP contribution in [0.3, 0.4) is 0 Å². The number of piperidine rings is 1. The van der Waals surface area contributed by atoms with Crippen molar-refractivity contribution in [2.75, 3.05) is 26.2 Å². The second-order valence-corrected chi connectivity index (χ2v) is 7.82. The van der Waals surface area contributed by atoms with Gasteiger partial charge in [-0.1, -0.05) is 24.9 Å². The van der Waals surface area contributed by atoms with Crippen LogP contribution in [0.2, 0.25) is 5.15 Å². The minimum Gasteiger partial charge on any atom is -0.392 e. The Morgan fingerprint density at radius 3 is 2.84 bits per heavy atom. The summed E-state index contributed by atoms with van der Waals surface area (Å²) in [5.74, 6) is 0.986. The predicted octanol–water partition coefficient (Wildman–Crippen LogP) is 2.10. The Kier molecular flexibility index (Phi) is 6.39. The zero-order valence-electron chi connectivity index (χ0n) is 15.1. The fourth-order valence-corrected chi connectivity index (χ4v) is 4.39. The number of rotatable bonds is 8. The molecule has 7 heteroatoms. The summed E-state index contributed by atoms with van der Waals surface area (Å²) in [6, 6.07) is 0. The van der Waals surface area contributed by atoms with Crippen LogP contribution >= 0.6 is 11.6 Å². The quantitative estimate of drug-likeness (QED) is 0.652. The number of H-pyrrole nitrogens is 1. The number of hydrogen-bond acceptors (Lipinski definition) is 5. The first-order valence-corrected chi connectivity index (χ1v) is 9.92. The van der Waals surface area contributed by atoms with Crippen molar-refractivity contribution in [2.45, 2.75) is 64.2 Å². The molecule has 4 N–H and O–H groups in total. The van der Waals surface area contributed by atoms with Crippen LogP contribution in [0.5, 0.6) is 0 Å². The number of likely N-dealkylation sites (tertiary alicyclic amines) is 1. The summed E-state index contributed by atoms with van der Waals surface area (Å²) in [7, 11) is 0. The van der Waals surface area contributed by atoms with E-state index in [1.54, 1.807) is 0 Å². The molecule has 2 fully saturated rings. The Hall–Kier alpha value is -0.660. The first kappa shape index (κ1) is 19.1. The molecule has 1 spiro atoms. The van der Waals surface area contributed by atoms with E-state index in [4.69, 9.17) is 22.1 Å². The number of unbranched alkanes of at least 4 members (excludes halogenated alkanes) is 1. The number of aliphatic hydroxyl groups is 1. The number of ether oxygens (including phenoxy) is 1. The van der Waals surface area contributed by atoms with E-state index < -0.39 is 0 Å². The topological polar surface area (TPSA) is 87.4 Å². The third-order valence-electron chi connectivity index (χ3n) is 5.89. The minimum atomic E-state index is -0.242. The molecule has 0 radical (unpaired) electrons. The SMILES string of the molecule is CCCCc1nc(Cl)c(CN2CCC3(CC2)[C@@H](O)C[C@H]3OCCN)[nH]1. The average Bonchev–Trinajstić information content (AvgIpc) is 2.97. The summed E-state index contributed by atoms with van der Waals surface area (Å²) in [5.41, 5.74) is 6.48. The van der Waals surface area contributed by atoms with Gasteiger partial charge in [0.05, 0.1) is 24.5 Å². The van der Waals surface area contributed by atoms with Gasteiger partial charge >= 0.3 is 0 Å². The summed E-state index contributed by atoms with van der Waals surface area (Å²) >= 11 is 6.30. The van der Waals surface area contributed by atoms with Gasteiger partial charge in [0.1, 0.15) is 5.82 Å². The molecule has 1 saturated heterocycles. The third kappa shape index (κ3) is 4.03. The lowest BCUT2D eigenvalue weighted by Crippen LogP contribution is -2.62. The van der Waals surface area contributed by atoms with Crippen molar-refractivity contribution in [3.8, 4) is 0 Å². The maximum atomic E-state index is 10.3. The minimum absolute atomic E-state index is 0.0737. The molecule has 142 valence electrons. The lowest BCUT2D eigenvalue weighted by Gasteiger charge is -2.56. The lowest BCUT2D eigenvalue weighted by molar-refractivity contribution is -0.210. The molecule has 0 bridgehead atoms. The Morgan fingerprint density at radius 2 is 2.20 bits per heavy atom. The number of aromatic amines is 1. The van der Waals surface area contributed by atoms with Gasteiger partial charge < -0.3 is 20.6 Å². The van der Waals surface area contributed by atoms with Crippen LogP contribution in [0, 0.1) is 5.41 Å². The highest BCUT2D eigenvalue weighted by atomic mass is 35.5. The van der Waals surface area contributed by atoms with E-state index in [-0.39, 0.29) is 17.6 Å². The van der Waals surface area contributed by atoms with Gasteiger partial charge in [-0.05, 0) is 32.4 Å². The Morgan fingerprint density at radius 1 is 1.44 bits per heavy atom. The molecule has 6 nitrogen and oxygen atoms in total. The summed E-state index contributed by atoms with van der Waals surface area (Å²) < 4.78 is 5.86. The van der Waals surface area contributed by atoms with E-state index in [9.17, 15) is 5.11 Å². The number of nitrogens with zero attached hydrogens (tertiary/aromatic N) is 2. The van der Waals surface area contributed by atoms with Gasteiger partial charge in [-0.25, -0.2) is 4.98 Å². The monoisotopic (exact) mass is 370 g/mol. The van der Waals surface area contributed by atoms with Crippen molar-refractivity contribution >= 4 is 11.6 Å². The molecule has 25 heavy (non-hydrogen) atoms. The van der Waals surface area contributed by atoms with Gasteiger partial charge in [0.2, 0.25) is 0 Å². The highest BCUT2D eigenvalue weighted by Crippen LogP contribution is 2.51. The Balaban J connectivity index is 1.53. The standard InChI is InChI=1S/C18H31ClN4O2/c1-2-3-4-16-21-13(17(19)22-16)12-23-8-5-18(6-9-23)14(24)11-15(18)25-10-7-20/h14-15,24H,2-12,20H2,1H3,(H,21,22)/t14-,15+/m0/s1. The number of nitrogens with one attached hydrogen (secondary N) is 1. The zero-order chi connectivity index (χ0) is 17.9. The smallest absolute Gasteiger partial charge is 0.151 e. The number of aromatic nitrogens is 2. The first-order valence-electron chi connectivity index (χ1n) is 9.54. The fraction of sp³-hybridized carbons (Fsp3) is 0.833. The van der Waals surface area contributed by atoms with E-state index in [1.165, 1.54) is 0 Å². The molecule has 1 aromatic rings. The van der Waals surface area contributed by atoms with Gasteiger partial charge in [-0.3, -0.25) is 4.90 Å². The molecule has 1 aliphatic carbocycles. The Bertz CT molecular complexity index is 557. The summed E-state index contributed by atoms with van der Waals surface area (Å²) in [6.07, 6.45) is 5.79. The number of aliphatic hydroxyl groups excluding tert-OH is 1. The zero-order valence-corrected chi connectivity index (χ0v) is 15.9. The van der Waals surface area contributed by atoms with Crippen LogP contribution in [-0.4, -0.2) is 58.4 Å². The molecule has 2 heterocycles. The van der Waals surface area contributed by atoms with Crippen molar-refractivity contribution in [3.63, 3.8) is 0 Å². The molecular formula is C18H31ClN4O2. The number of aryl methyl sites for hydroxylation is 1. The van der Waals surface area contributed by atoms with E-state index >= 15 is 0 Å². The van der Waals surface area contributed by atoms with Crippen LogP contribution in [0.4, 0.5) is 0 Å². The van der Waals surface area contributed by atoms with Crippen molar-refractivity contribution < 1.29 is 9.84 Å². The maximum absolute atomic E-state index is 10.3. The van der Waals surface area contributed by atoms with Crippen molar-refractivity contribution in [2.24, 2.45) is 11.1 Å². The fourth-order valence-electron chi connectivity index (χ4n) is 4.18. The normalized spacial score (nSPS) is 26.1. The first-order chi connectivity index (χ1) is 12.1. The van der Waals surface area contributed by atoms with Crippen molar-refractivity contribution in [3.05, 3.63) is 16.7 Å². The van der Waals surface area contributed by atoms with E-state index in [0.717, 1.165) is 69.7 Å². The Labute approximate surface area is 155 Å². The number of nitrogens with two attached hydrogens (primary N) is 1. The van der Waals surface area contributed by atoms with Crippen LogP contribution < -0.4 is 5.73 Å².